The summed E-state index contributed by atoms with van der Waals surface area (Å²) in [6.07, 6.45) is 1.48. The van der Waals surface area contributed by atoms with Gasteiger partial charge in [-0.1, -0.05) is 49.0 Å². The molecule has 0 fully saturated rings. The Balaban J connectivity index is 1.86. The van der Waals surface area contributed by atoms with Gasteiger partial charge in [0.2, 0.25) is 5.91 Å². The first-order valence-corrected chi connectivity index (χ1v) is 9.79. The number of benzene rings is 2. The molecule has 0 radical (unpaired) electrons. The third-order valence-electron chi connectivity index (χ3n) is 3.89. The summed E-state index contributed by atoms with van der Waals surface area (Å²) in [6.45, 7) is 2.66. The standard InChI is InChI=1S/C20H21FN4OS/c1-2-12-22-19(26)14-27-20-24-23-18(13-15-6-4-3-5-7-15)25(20)17-10-8-16(21)9-11-17/h3-11H,2,12-14H2,1H3,(H,22,26). The van der Waals surface area contributed by atoms with E-state index in [1.165, 1.54) is 23.9 Å². The monoisotopic (exact) mass is 384 g/mol. The van der Waals surface area contributed by atoms with E-state index in [1.54, 1.807) is 12.1 Å². The Morgan fingerprint density at radius 1 is 1.11 bits per heavy atom. The first-order chi connectivity index (χ1) is 13.2. The van der Waals surface area contributed by atoms with Gasteiger partial charge in [-0.2, -0.15) is 0 Å². The van der Waals surface area contributed by atoms with Crippen molar-refractivity contribution >= 4 is 17.7 Å². The minimum absolute atomic E-state index is 0.0416. The Morgan fingerprint density at radius 2 is 1.85 bits per heavy atom. The molecule has 0 saturated carbocycles. The van der Waals surface area contributed by atoms with Crippen molar-refractivity contribution in [3.8, 4) is 5.69 Å². The molecule has 0 atom stereocenters. The summed E-state index contributed by atoms with van der Waals surface area (Å²) in [6, 6.07) is 16.1. The molecule has 1 aromatic heterocycles. The third-order valence-corrected chi connectivity index (χ3v) is 4.82. The zero-order valence-electron chi connectivity index (χ0n) is 15.1. The quantitative estimate of drug-likeness (QED) is 0.603. The zero-order valence-corrected chi connectivity index (χ0v) is 15.9. The van der Waals surface area contributed by atoms with Gasteiger partial charge in [-0.15, -0.1) is 10.2 Å². The second-order valence-corrected chi connectivity index (χ2v) is 6.95. The van der Waals surface area contributed by atoms with Gasteiger partial charge in [-0.25, -0.2) is 4.39 Å². The van der Waals surface area contributed by atoms with Crippen molar-refractivity contribution < 1.29 is 9.18 Å². The molecule has 0 saturated heterocycles. The summed E-state index contributed by atoms with van der Waals surface area (Å²) in [5.41, 5.74) is 1.87. The van der Waals surface area contributed by atoms with Crippen LogP contribution in [0.1, 0.15) is 24.7 Å². The number of aromatic nitrogens is 3. The molecule has 0 unspecified atom stereocenters. The fraction of sp³-hybridized carbons (Fsp3) is 0.250. The van der Waals surface area contributed by atoms with E-state index >= 15 is 0 Å². The topological polar surface area (TPSA) is 59.8 Å². The summed E-state index contributed by atoms with van der Waals surface area (Å²) >= 11 is 1.32. The van der Waals surface area contributed by atoms with Gasteiger partial charge in [-0.05, 0) is 36.2 Å². The minimum atomic E-state index is -0.301. The molecule has 0 aliphatic heterocycles. The molecule has 1 heterocycles. The molecule has 0 aliphatic carbocycles. The van der Waals surface area contributed by atoms with Gasteiger partial charge in [0.15, 0.2) is 5.16 Å². The molecule has 5 nitrogen and oxygen atoms in total. The number of carbonyl (C=O) groups excluding carboxylic acids is 1. The first-order valence-electron chi connectivity index (χ1n) is 8.81. The molecular weight excluding hydrogens is 363 g/mol. The Labute approximate surface area is 162 Å². The first kappa shape index (κ1) is 19.1. The van der Waals surface area contributed by atoms with Crippen molar-refractivity contribution in [1.29, 1.82) is 0 Å². The van der Waals surface area contributed by atoms with E-state index in [2.05, 4.69) is 15.5 Å². The van der Waals surface area contributed by atoms with Crippen molar-refractivity contribution in [2.24, 2.45) is 0 Å². The van der Waals surface area contributed by atoms with Gasteiger partial charge in [-0.3, -0.25) is 9.36 Å². The van der Waals surface area contributed by atoms with Crippen LogP contribution in [0.5, 0.6) is 0 Å². The average molecular weight is 384 g/mol. The number of nitrogens with one attached hydrogen (secondary N) is 1. The van der Waals surface area contributed by atoms with E-state index in [-0.39, 0.29) is 17.5 Å². The number of nitrogens with zero attached hydrogens (tertiary/aromatic N) is 3. The lowest BCUT2D eigenvalue weighted by Gasteiger charge is -2.10. The molecule has 0 aliphatic rings. The van der Waals surface area contributed by atoms with Gasteiger partial charge >= 0.3 is 0 Å². The lowest BCUT2D eigenvalue weighted by atomic mass is 10.1. The van der Waals surface area contributed by atoms with E-state index in [9.17, 15) is 9.18 Å². The fourth-order valence-corrected chi connectivity index (χ4v) is 3.38. The summed E-state index contributed by atoms with van der Waals surface area (Å²) in [4.78, 5) is 11.9. The molecular formula is C20H21FN4OS. The van der Waals surface area contributed by atoms with Crippen molar-refractivity contribution in [2.75, 3.05) is 12.3 Å². The van der Waals surface area contributed by atoms with Crippen molar-refractivity contribution in [3.05, 3.63) is 71.8 Å². The van der Waals surface area contributed by atoms with E-state index in [4.69, 9.17) is 0 Å². The SMILES string of the molecule is CCCNC(=O)CSc1nnc(Cc2ccccc2)n1-c1ccc(F)cc1. The highest BCUT2D eigenvalue weighted by molar-refractivity contribution is 7.99. The van der Waals surface area contributed by atoms with Crippen LogP contribution in [0, 0.1) is 5.82 Å². The van der Waals surface area contributed by atoms with Crippen LogP contribution in [-0.2, 0) is 11.2 Å². The Kier molecular flexibility index (Phi) is 6.59. The van der Waals surface area contributed by atoms with Gasteiger partial charge in [0.05, 0.1) is 5.75 Å². The number of hydrogen-bond donors (Lipinski definition) is 1. The molecule has 140 valence electrons. The Morgan fingerprint density at radius 3 is 2.56 bits per heavy atom. The van der Waals surface area contributed by atoms with Gasteiger partial charge in [0.1, 0.15) is 11.6 Å². The number of amides is 1. The predicted octanol–water partition coefficient (Wildman–Crippen LogP) is 3.62. The predicted molar refractivity (Wildman–Crippen MR) is 105 cm³/mol. The third kappa shape index (κ3) is 5.17. The summed E-state index contributed by atoms with van der Waals surface area (Å²) in [5.74, 6) is 0.652. The highest BCUT2D eigenvalue weighted by Gasteiger charge is 2.16. The number of rotatable bonds is 8. The van der Waals surface area contributed by atoms with Crippen LogP contribution in [0.4, 0.5) is 4.39 Å². The van der Waals surface area contributed by atoms with Crippen LogP contribution in [-0.4, -0.2) is 33.0 Å². The van der Waals surface area contributed by atoms with Gasteiger partial charge < -0.3 is 5.32 Å². The van der Waals surface area contributed by atoms with E-state index in [0.717, 1.165) is 23.5 Å². The van der Waals surface area contributed by atoms with Crippen molar-refractivity contribution in [2.45, 2.75) is 24.9 Å². The van der Waals surface area contributed by atoms with Gasteiger partial charge in [0, 0.05) is 18.7 Å². The highest BCUT2D eigenvalue weighted by Crippen LogP contribution is 2.23. The summed E-state index contributed by atoms with van der Waals surface area (Å²) in [5, 5.41) is 12.0. The lowest BCUT2D eigenvalue weighted by Crippen LogP contribution is -2.25. The molecule has 2 aromatic carbocycles. The highest BCUT2D eigenvalue weighted by atomic mass is 32.2. The number of thioether (sulfide) groups is 1. The van der Waals surface area contributed by atoms with E-state index < -0.39 is 0 Å². The number of hydrogen-bond acceptors (Lipinski definition) is 4. The molecule has 27 heavy (non-hydrogen) atoms. The van der Waals surface area contributed by atoms with Crippen LogP contribution in [0.2, 0.25) is 0 Å². The maximum atomic E-state index is 13.3. The van der Waals surface area contributed by atoms with E-state index in [0.29, 0.717) is 18.1 Å². The van der Waals surface area contributed by atoms with Crippen molar-refractivity contribution in [3.63, 3.8) is 0 Å². The molecule has 0 bridgehead atoms. The molecule has 3 aromatic rings. The molecule has 7 heteroatoms. The van der Waals surface area contributed by atoms with Crippen LogP contribution < -0.4 is 5.32 Å². The smallest absolute Gasteiger partial charge is 0.230 e. The summed E-state index contributed by atoms with van der Waals surface area (Å²) < 4.78 is 15.2. The maximum Gasteiger partial charge on any atom is 0.230 e. The van der Waals surface area contributed by atoms with Crippen LogP contribution in [0.15, 0.2) is 59.8 Å². The van der Waals surface area contributed by atoms with Crippen LogP contribution in [0.3, 0.4) is 0 Å². The summed E-state index contributed by atoms with van der Waals surface area (Å²) in [7, 11) is 0. The molecule has 3 rings (SSSR count). The number of carbonyl (C=O) groups is 1. The molecule has 1 amide bonds. The number of halogens is 1. The lowest BCUT2D eigenvalue weighted by molar-refractivity contribution is -0.118. The molecule has 1 N–H and O–H groups in total. The largest absolute Gasteiger partial charge is 0.355 e. The maximum absolute atomic E-state index is 13.3. The zero-order chi connectivity index (χ0) is 19.1. The Bertz CT molecular complexity index is 881. The fourth-order valence-electron chi connectivity index (χ4n) is 2.58. The minimum Gasteiger partial charge on any atom is -0.355 e. The average Bonchev–Trinajstić information content (AvgIpc) is 3.08. The van der Waals surface area contributed by atoms with Crippen LogP contribution >= 0.6 is 11.8 Å². The second-order valence-electron chi connectivity index (χ2n) is 6.01. The normalized spacial score (nSPS) is 10.7. The van der Waals surface area contributed by atoms with Gasteiger partial charge in [0.25, 0.3) is 0 Å². The Hall–Kier alpha value is -2.67. The van der Waals surface area contributed by atoms with Crippen molar-refractivity contribution in [1.82, 2.24) is 20.1 Å². The van der Waals surface area contributed by atoms with Crippen LogP contribution in [0.25, 0.3) is 5.69 Å². The van der Waals surface area contributed by atoms with E-state index in [1.807, 2.05) is 41.8 Å². The molecule has 0 spiro atoms. The second kappa shape index (κ2) is 9.32.